The van der Waals surface area contributed by atoms with E-state index in [9.17, 15) is 4.79 Å². The van der Waals surface area contributed by atoms with Gasteiger partial charge < -0.3 is 9.47 Å². The first-order valence-electron chi connectivity index (χ1n) is 6.31. The van der Waals surface area contributed by atoms with E-state index in [1.165, 1.54) is 10.9 Å². The molecule has 1 amide bonds. The predicted molar refractivity (Wildman–Crippen MR) is 74.6 cm³/mol. The minimum atomic E-state index is 0.143. The lowest BCUT2D eigenvalue weighted by Gasteiger charge is -2.21. The molecule has 0 aliphatic carbocycles. The summed E-state index contributed by atoms with van der Waals surface area (Å²) in [5.74, 6) is 0.143. The zero-order chi connectivity index (χ0) is 13.3. The molecule has 1 aromatic heterocycles. The Labute approximate surface area is 108 Å². The van der Waals surface area contributed by atoms with Gasteiger partial charge in [0.25, 0.3) is 0 Å². The highest BCUT2D eigenvalue weighted by Gasteiger charge is 2.13. The smallest absolute Gasteiger partial charge is 0.242 e. The molecule has 0 N–H and O–H groups in total. The second-order valence-corrected chi connectivity index (χ2v) is 5.05. The molecule has 0 aliphatic heterocycles. The Morgan fingerprint density at radius 2 is 2.06 bits per heavy atom. The van der Waals surface area contributed by atoms with E-state index in [2.05, 4.69) is 25.1 Å². The number of fused-ring (bicyclic) bond motifs is 1. The number of hydrogen-bond acceptors (Lipinski definition) is 1. The van der Waals surface area contributed by atoms with E-state index >= 15 is 0 Å². The lowest BCUT2D eigenvalue weighted by atomic mass is 10.1. The van der Waals surface area contributed by atoms with Crippen LogP contribution in [0.1, 0.15) is 19.4 Å². The van der Waals surface area contributed by atoms with Crippen LogP contribution < -0.4 is 0 Å². The average Bonchev–Trinajstić information content (AvgIpc) is 2.73. The fraction of sp³-hybridized carbons (Fsp3) is 0.400. The average molecular weight is 244 g/mol. The SMILES string of the molecule is Cc1cccc2c1ccn2CC(=O)N(C)C(C)C. The summed E-state index contributed by atoms with van der Waals surface area (Å²) >= 11 is 0. The van der Waals surface area contributed by atoms with Crippen molar-refractivity contribution >= 4 is 16.8 Å². The maximum Gasteiger partial charge on any atom is 0.242 e. The molecule has 0 bridgehead atoms. The number of nitrogens with zero attached hydrogens (tertiary/aromatic N) is 2. The van der Waals surface area contributed by atoms with E-state index in [1.807, 2.05) is 37.7 Å². The number of carbonyl (C=O) groups excluding carboxylic acids is 1. The Balaban J connectivity index is 2.28. The van der Waals surface area contributed by atoms with Crippen LogP contribution in [0.4, 0.5) is 0 Å². The largest absolute Gasteiger partial charge is 0.342 e. The number of amides is 1. The fourth-order valence-corrected chi connectivity index (χ4v) is 2.06. The van der Waals surface area contributed by atoms with Crippen molar-refractivity contribution in [1.82, 2.24) is 9.47 Å². The van der Waals surface area contributed by atoms with Crippen molar-refractivity contribution < 1.29 is 4.79 Å². The third kappa shape index (κ3) is 2.26. The summed E-state index contributed by atoms with van der Waals surface area (Å²) in [7, 11) is 1.85. The van der Waals surface area contributed by atoms with Gasteiger partial charge in [-0.3, -0.25) is 4.79 Å². The van der Waals surface area contributed by atoms with Crippen molar-refractivity contribution in [2.24, 2.45) is 0 Å². The van der Waals surface area contributed by atoms with Crippen molar-refractivity contribution in [3.63, 3.8) is 0 Å². The molecule has 0 spiro atoms. The molecule has 0 aliphatic rings. The van der Waals surface area contributed by atoms with Crippen LogP contribution in [-0.4, -0.2) is 28.5 Å². The molecule has 0 unspecified atom stereocenters. The van der Waals surface area contributed by atoms with Crippen molar-refractivity contribution in [3.8, 4) is 0 Å². The summed E-state index contributed by atoms with van der Waals surface area (Å²) in [5.41, 5.74) is 2.37. The third-order valence-corrected chi connectivity index (χ3v) is 3.51. The Kier molecular flexibility index (Phi) is 3.41. The quantitative estimate of drug-likeness (QED) is 0.815. The van der Waals surface area contributed by atoms with Crippen LogP contribution in [0.5, 0.6) is 0 Å². The molecule has 2 rings (SSSR count). The molecule has 0 saturated carbocycles. The molecule has 0 atom stereocenters. The van der Waals surface area contributed by atoms with E-state index in [-0.39, 0.29) is 11.9 Å². The highest BCUT2D eigenvalue weighted by Crippen LogP contribution is 2.19. The number of benzene rings is 1. The van der Waals surface area contributed by atoms with Gasteiger partial charge >= 0.3 is 0 Å². The van der Waals surface area contributed by atoms with Gasteiger partial charge in [0.05, 0.1) is 0 Å². The second kappa shape index (κ2) is 4.84. The first-order chi connectivity index (χ1) is 8.50. The number of aromatic nitrogens is 1. The monoisotopic (exact) mass is 244 g/mol. The number of rotatable bonds is 3. The van der Waals surface area contributed by atoms with Gasteiger partial charge in [-0.05, 0) is 38.5 Å². The first-order valence-corrected chi connectivity index (χ1v) is 6.31. The first kappa shape index (κ1) is 12.7. The number of aryl methyl sites for hydroxylation is 1. The number of likely N-dealkylation sites (N-methyl/N-ethyl adjacent to an activating group) is 1. The van der Waals surface area contributed by atoms with E-state index in [0.717, 1.165) is 5.52 Å². The maximum absolute atomic E-state index is 12.1. The van der Waals surface area contributed by atoms with Crippen LogP contribution in [0, 0.1) is 6.92 Å². The molecule has 3 heteroatoms. The molecule has 0 radical (unpaired) electrons. The van der Waals surface area contributed by atoms with Gasteiger partial charge in [0, 0.05) is 30.2 Å². The van der Waals surface area contributed by atoms with Crippen molar-refractivity contribution in [1.29, 1.82) is 0 Å². The van der Waals surface area contributed by atoms with Crippen LogP contribution in [-0.2, 0) is 11.3 Å². The van der Waals surface area contributed by atoms with E-state index < -0.39 is 0 Å². The summed E-state index contributed by atoms with van der Waals surface area (Å²) in [4.78, 5) is 13.9. The normalized spacial score (nSPS) is 11.2. The van der Waals surface area contributed by atoms with Gasteiger partial charge in [-0.15, -0.1) is 0 Å². The predicted octanol–water partition coefficient (Wildman–Crippen LogP) is 2.82. The van der Waals surface area contributed by atoms with Crippen LogP contribution in [0.2, 0.25) is 0 Å². The standard InChI is InChI=1S/C15H20N2O/c1-11(2)16(4)15(18)10-17-9-8-13-12(3)6-5-7-14(13)17/h5-9,11H,10H2,1-4H3. The Bertz CT molecular complexity index is 569. The molecule has 96 valence electrons. The van der Waals surface area contributed by atoms with E-state index in [0.29, 0.717) is 6.54 Å². The topological polar surface area (TPSA) is 25.2 Å². The molecule has 18 heavy (non-hydrogen) atoms. The summed E-state index contributed by atoms with van der Waals surface area (Å²) in [6.07, 6.45) is 1.99. The van der Waals surface area contributed by atoms with Crippen LogP contribution in [0.25, 0.3) is 10.9 Å². The zero-order valence-electron chi connectivity index (χ0n) is 11.5. The molecule has 0 saturated heterocycles. The summed E-state index contributed by atoms with van der Waals surface area (Å²) < 4.78 is 2.02. The van der Waals surface area contributed by atoms with Gasteiger partial charge in [-0.1, -0.05) is 12.1 Å². The molecular weight excluding hydrogens is 224 g/mol. The Hall–Kier alpha value is -1.77. The summed E-state index contributed by atoms with van der Waals surface area (Å²) in [5, 5.41) is 1.22. The molecule has 1 heterocycles. The maximum atomic E-state index is 12.1. The second-order valence-electron chi connectivity index (χ2n) is 5.05. The lowest BCUT2D eigenvalue weighted by Crippen LogP contribution is -2.35. The lowest BCUT2D eigenvalue weighted by molar-refractivity contribution is -0.131. The minimum absolute atomic E-state index is 0.143. The van der Waals surface area contributed by atoms with Gasteiger partial charge in [0.1, 0.15) is 6.54 Å². The van der Waals surface area contributed by atoms with Crippen molar-refractivity contribution in [3.05, 3.63) is 36.0 Å². The van der Waals surface area contributed by atoms with Crippen LogP contribution in [0.3, 0.4) is 0 Å². The Morgan fingerprint density at radius 1 is 1.33 bits per heavy atom. The number of carbonyl (C=O) groups is 1. The van der Waals surface area contributed by atoms with Gasteiger partial charge in [-0.25, -0.2) is 0 Å². The summed E-state index contributed by atoms with van der Waals surface area (Å²) in [6.45, 7) is 6.54. The van der Waals surface area contributed by atoms with Crippen molar-refractivity contribution in [2.45, 2.75) is 33.4 Å². The van der Waals surface area contributed by atoms with Crippen molar-refractivity contribution in [2.75, 3.05) is 7.05 Å². The van der Waals surface area contributed by atoms with Gasteiger partial charge in [0.15, 0.2) is 0 Å². The molecule has 0 fully saturated rings. The number of hydrogen-bond donors (Lipinski definition) is 0. The summed E-state index contributed by atoms with van der Waals surface area (Å²) in [6, 6.07) is 8.50. The molecule has 2 aromatic rings. The van der Waals surface area contributed by atoms with Crippen LogP contribution in [0.15, 0.2) is 30.5 Å². The highest BCUT2D eigenvalue weighted by atomic mass is 16.2. The van der Waals surface area contributed by atoms with E-state index in [4.69, 9.17) is 0 Å². The van der Waals surface area contributed by atoms with Gasteiger partial charge in [0.2, 0.25) is 5.91 Å². The molecule has 3 nitrogen and oxygen atoms in total. The van der Waals surface area contributed by atoms with Crippen LogP contribution >= 0.6 is 0 Å². The fourth-order valence-electron chi connectivity index (χ4n) is 2.06. The minimum Gasteiger partial charge on any atom is -0.342 e. The third-order valence-electron chi connectivity index (χ3n) is 3.51. The molecular formula is C15H20N2O. The van der Waals surface area contributed by atoms with E-state index in [1.54, 1.807) is 4.90 Å². The zero-order valence-corrected chi connectivity index (χ0v) is 11.5. The van der Waals surface area contributed by atoms with Gasteiger partial charge in [-0.2, -0.15) is 0 Å². The Morgan fingerprint density at radius 3 is 2.72 bits per heavy atom. The highest BCUT2D eigenvalue weighted by molar-refractivity contribution is 5.85. The molecule has 1 aromatic carbocycles.